The van der Waals surface area contributed by atoms with Crippen molar-refractivity contribution >= 4 is 5.78 Å². The van der Waals surface area contributed by atoms with Crippen molar-refractivity contribution in [2.24, 2.45) is 11.7 Å². The molecule has 0 aromatic heterocycles. The first-order valence-electron chi connectivity index (χ1n) is 4.76. The van der Waals surface area contributed by atoms with Crippen molar-refractivity contribution in [3.8, 4) is 0 Å². The maximum Gasteiger partial charge on any atom is 0.196 e. The van der Waals surface area contributed by atoms with Crippen LogP contribution in [0.4, 0.5) is 0 Å². The second kappa shape index (κ2) is 3.46. The minimum atomic E-state index is -0.137. The summed E-state index contributed by atoms with van der Waals surface area (Å²) in [7, 11) is 1.62. The van der Waals surface area contributed by atoms with Crippen LogP contribution in [0.1, 0.15) is 13.3 Å². The molecule has 1 atom stereocenters. The molecule has 80 valence electrons. The van der Waals surface area contributed by atoms with Gasteiger partial charge in [0.25, 0.3) is 0 Å². The predicted octanol–water partition coefficient (Wildman–Crippen LogP) is 1.21. The maximum atomic E-state index is 11.2. The van der Waals surface area contributed by atoms with Crippen LogP contribution in [-0.4, -0.2) is 12.9 Å². The predicted molar refractivity (Wildman–Crippen MR) is 54.3 cm³/mol. The standard InChI is InChI=1S/C11H13NO3/c1-6(13)11-10(12)8-5-7(14-2)3-4-9(8)15-11/h3-4,8H,5,12H2,1-2H3. The van der Waals surface area contributed by atoms with Gasteiger partial charge >= 0.3 is 0 Å². The van der Waals surface area contributed by atoms with Gasteiger partial charge in [-0.25, -0.2) is 0 Å². The molecular formula is C11H13NO3. The van der Waals surface area contributed by atoms with Crippen LogP contribution in [0.25, 0.3) is 0 Å². The summed E-state index contributed by atoms with van der Waals surface area (Å²) in [6.07, 6.45) is 4.29. The quantitative estimate of drug-likeness (QED) is 0.739. The van der Waals surface area contributed by atoms with Crippen LogP contribution in [0.3, 0.4) is 0 Å². The molecule has 4 nitrogen and oxygen atoms in total. The van der Waals surface area contributed by atoms with Gasteiger partial charge in [0.15, 0.2) is 11.5 Å². The first-order chi connectivity index (χ1) is 7.13. The van der Waals surface area contributed by atoms with Crippen LogP contribution in [-0.2, 0) is 14.3 Å². The molecule has 0 radical (unpaired) electrons. The zero-order chi connectivity index (χ0) is 11.0. The number of rotatable bonds is 2. The molecule has 2 aliphatic rings. The van der Waals surface area contributed by atoms with E-state index in [1.807, 2.05) is 6.08 Å². The number of carbonyl (C=O) groups excluding carboxylic acids is 1. The molecule has 0 bridgehead atoms. The Morgan fingerprint density at radius 2 is 2.33 bits per heavy atom. The summed E-state index contributed by atoms with van der Waals surface area (Å²) in [5, 5.41) is 0. The summed E-state index contributed by atoms with van der Waals surface area (Å²) in [6, 6.07) is 0. The fourth-order valence-corrected chi connectivity index (χ4v) is 1.79. The Kier molecular flexibility index (Phi) is 2.26. The second-order valence-electron chi connectivity index (χ2n) is 3.61. The number of carbonyl (C=O) groups is 1. The van der Waals surface area contributed by atoms with E-state index in [1.54, 1.807) is 13.2 Å². The van der Waals surface area contributed by atoms with E-state index in [9.17, 15) is 4.79 Å². The molecule has 0 spiro atoms. The van der Waals surface area contributed by atoms with Crippen molar-refractivity contribution in [3.63, 3.8) is 0 Å². The van der Waals surface area contributed by atoms with Gasteiger partial charge in [-0.15, -0.1) is 0 Å². The molecule has 2 rings (SSSR count). The molecule has 4 heteroatoms. The van der Waals surface area contributed by atoms with E-state index in [1.165, 1.54) is 6.92 Å². The average Bonchev–Trinajstić information content (AvgIpc) is 2.56. The highest BCUT2D eigenvalue weighted by Crippen LogP contribution is 2.38. The Balaban J connectivity index is 2.30. The SMILES string of the molecule is COC1=CC=C2OC(C(C)=O)=C(N)C2C1. The van der Waals surface area contributed by atoms with E-state index in [0.29, 0.717) is 12.1 Å². The van der Waals surface area contributed by atoms with E-state index in [4.69, 9.17) is 15.2 Å². The zero-order valence-corrected chi connectivity index (χ0v) is 8.74. The molecule has 0 fully saturated rings. The molecule has 1 heterocycles. The van der Waals surface area contributed by atoms with Gasteiger partial charge in [-0.05, 0) is 12.2 Å². The molecule has 0 aromatic rings. The minimum absolute atomic E-state index is 0.0381. The Morgan fingerprint density at radius 1 is 1.60 bits per heavy atom. The number of fused-ring (bicyclic) bond motifs is 1. The lowest BCUT2D eigenvalue weighted by Gasteiger charge is -2.17. The second-order valence-corrected chi connectivity index (χ2v) is 3.61. The number of nitrogens with two attached hydrogens (primary N) is 1. The number of Topliss-reactive ketones (excluding diaryl/α,β-unsaturated/α-hetero) is 1. The molecule has 15 heavy (non-hydrogen) atoms. The average molecular weight is 207 g/mol. The van der Waals surface area contributed by atoms with Gasteiger partial charge in [0.1, 0.15) is 5.76 Å². The van der Waals surface area contributed by atoms with Gasteiger partial charge in [-0.2, -0.15) is 0 Å². The van der Waals surface area contributed by atoms with Crippen LogP contribution in [0.2, 0.25) is 0 Å². The highest BCUT2D eigenvalue weighted by molar-refractivity contribution is 5.92. The summed E-state index contributed by atoms with van der Waals surface area (Å²) in [6.45, 7) is 1.45. The van der Waals surface area contributed by atoms with Crippen molar-refractivity contribution in [3.05, 3.63) is 35.1 Å². The van der Waals surface area contributed by atoms with Gasteiger partial charge in [-0.1, -0.05) is 0 Å². The van der Waals surface area contributed by atoms with E-state index in [2.05, 4.69) is 0 Å². The topological polar surface area (TPSA) is 61.5 Å². The van der Waals surface area contributed by atoms with Crippen LogP contribution in [0.5, 0.6) is 0 Å². The van der Waals surface area contributed by atoms with Gasteiger partial charge in [-0.3, -0.25) is 4.79 Å². The van der Waals surface area contributed by atoms with Gasteiger partial charge < -0.3 is 15.2 Å². The van der Waals surface area contributed by atoms with Gasteiger partial charge in [0.2, 0.25) is 0 Å². The summed E-state index contributed by atoms with van der Waals surface area (Å²) in [4.78, 5) is 11.2. The summed E-state index contributed by atoms with van der Waals surface area (Å²) in [5.74, 6) is 1.68. The third-order valence-corrected chi connectivity index (χ3v) is 2.62. The molecule has 1 unspecified atom stereocenters. The smallest absolute Gasteiger partial charge is 0.196 e. The number of ketones is 1. The monoisotopic (exact) mass is 207 g/mol. The first kappa shape index (κ1) is 9.83. The zero-order valence-electron chi connectivity index (χ0n) is 8.74. The van der Waals surface area contributed by atoms with Crippen molar-refractivity contribution in [2.75, 3.05) is 7.11 Å². The molecule has 2 N–H and O–H groups in total. The summed E-state index contributed by atoms with van der Waals surface area (Å²) in [5.41, 5.74) is 6.37. The van der Waals surface area contributed by atoms with Crippen LogP contribution in [0, 0.1) is 5.92 Å². The number of allylic oxidation sites excluding steroid dienone is 4. The Hall–Kier alpha value is -1.71. The van der Waals surface area contributed by atoms with Gasteiger partial charge in [0, 0.05) is 13.3 Å². The van der Waals surface area contributed by atoms with E-state index >= 15 is 0 Å². The molecule has 0 amide bonds. The van der Waals surface area contributed by atoms with E-state index < -0.39 is 0 Å². The minimum Gasteiger partial charge on any atom is -0.501 e. The Bertz CT molecular complexity index is 404. The van der Waals surface area contributed by atoms with Crippen molar-refractivity contribution in [2.45, 2.75) is 13.3 Å². The van der Waals surface area contributed by atoms with Gasteiger partial charge in [0.05, 0.1) is 24.5 Å². The molecule has 1 aliphatic heterocycles. The third kappa shape index (κ3) is 1.52. The number of hydrogen-bond donors (Lipinski definition) is 1. The maximum absolute atomic E-state index is 11.2. The third-order valence-electron chi connectivity index (χ3n) is 2.62. The summed E-state index contributed by atoms with van der Waals surface area (Å²) >= 11 is 0. The van der Waals surface area contributed by atoms with Crippen LogP contribution < -0.4 is 5.73 Å². The Labute approximate surface area is 88.0 Å². The molecule has 0 aromatic carbocycles. The van der Waals surface area contributed by atoms with E-state index in [-0.39, 0.29) is 17.5 Å². The summed E-state index contributed by atoms with van der Waals surface area (Å²) < 4.78 is 10.5. The van der Waals surface area contributed by atoms with Crippen LogP contribution >= 0.6 is 0 Å². The fraction of sp³-hybridized carbons (Fsp3) is 0.364. The van der Waals surface area contributed by atoms with Crippen molar-refractivity contribution in [1.82, 2.24) is 0 Å². The molecule has 0 saturated heterocycles. The highest BCUT2D eigenvalue weighted by Gasteiger charge is 2.34. The Morgan fingerprint density at radius 3 is 2.93 bits per heavy atom. The highest BCUT2D eigenvalue weighted by atomic mass is 16.5. The molecular weight excluding hydrogens is 194 g/mol. The fourth-order valence-electron chi connectivity index (χ4n) is 1.79. The first-order valence-corrected chi connectivity index (χ1v) is 4.76. The number of ether oxygens (including phenoxy) is 2. The lowest BCUT2D eigenvalue weighted by Crippen LogP contribution is -2.14. The normalized spacial score (nSPS) is 24.0. The van der Waals surface area contributed by atoms with Crippen LogP contribution in [0.15, 0.2) is 35.1 Å². The largest absolute Gasteiger partial charge is 0.501 e. The van der Waals surface area contributed by atoms with Crippen molar-refractivity contribution in [1.29, 1.82) is 0 Å². The lowest BCUT2D eigenvalue weighted by atomic mass is 9.95. The molecule has 0 saturated carbocycles. The lowest BCUT2D eigenvalue weighted by molar-refractivity contribution is -0.116. The molecule has 1 aliphatic carbocycles. The number of hydrogen-bond acceptors (Lipinski definition) is 4. The number of methoxy groups -OCH3 is 1. The van der Waals surface area contributed by atoms with Crippen molar-refractivity contribution < 1.29 is 14.3 Å². The van der Waals surface area contributed by atoms with E-state index in [0.717, 1.165) is 11.5 Å².